The molecule has 72 heavy (non-hydrogen) atoms. The molecule has 3 heterocycles. The minimum Gasteiger partial charge on any atom is -0.503 e. The second kappa shape index (κ2) is 20.7. The second-order valence-electron chi connectivity index (χ2n) is 17.8. The molecule has 9 aromatic rings. The number of fused-ring (bicyclic) bond motifs is 9. The molecule has 6 aromatic carbocycles. The van der Waals surface area contributed by atoms with Gasteiger partial charge in [0.15, 0.2) is 28.7 Å². The standard InChI is InChI=1S/C20H20N2O5.C18H18N2O4.C16H16N2O3/c1-10(2)20-21-16-17(22(20)11(3)23)14-8-6-7-9-15(14)18(26-12(4)24)19(16)27-13(5)25;1-9(2)18-19-14-12-7-5-6-8-13(12)16(23-10(3)21)17(15(14)20-18)24-11(4)22;1-8(2)16-17-12-10-6-4-5-7-11(10)15(21-9(3)19)14(20)13(12)18-16/h6-10H,1-5H3;5-9H,1-4H3,(H,19,20);4-8,20H,1-3H3,(H,17,18). The maximum atomic E-state index is 12.4. The van der Waals surface area contributed by atoms with Crippen molar-refractivity contribution in [2.45, 2.75) is 101 Å². The van der Waals surface area contributed by atoms with Crippen LogP contribution in [0.3, 0.4) is 0 Å². The Kier molecular flexibility index (Phi) is 14.7. The van der Waals surface area contributed by atoms with E-state index in [-0.39, 0.29) is 58.2 Å². The second-order valence-corrected chi connectivity index (χ2v) is 17.8. The zero-order valence-corrected chi connectivity index (χ0v) is 41.9. The third-order valence-electron chi connectivity index (χ3n) is 11.1. The number of phenolic OH excluding ortho intramolecular Hbond substituents is 1. The molecule has 0 aliphatic carbocycles. The lowest BCUT2D eigenvalue weighted by Gasteiger charge is -2.14. The van der Waals surface area contributed by atoms with Crippen molar-refractivity contribution in [3.05, 3.63) is 90.3 Å². The van der Waals surface area contributed by atoms with Crippen LogP contribution in [-0.4, -0.2) is 70.3 Å². The average molecular weight is 979 g/mol. The number of aromatic nitrogens is 6. The molecule has 372 valence electrons. The van der Waals surface area contributed by atoms with Crippen LogP contribution < -0.4 is 23.7 Å². The van der Waals surface area contributed by atoms with Crippen LogP contribution in [0.4, 0.5) is 0 Å². The highest BCUT2D eigenvalue weighted by Crippen LogP contribution is 2.46. The molecular weight excluding hydrogens is 925 g/mol. The Morgan fingerprint density at radius 2 is 0.806 bits per heavy atom. The third-order valence-corrected chi connectivity index (χ3v) is 11.1. The van der Waals surface area contributed by atoms with Gasteiger partial charge in [-0.2, -0.15) is 0 Å². The Balaban J connectivity index is 0.000000160. The number of benzene rings is 6. The molecule has 3 aromatic heterocycles. The number of hydrogen-bond acceptors (Lipinski definition) is 15. The van der Waals surface area contributed by atoms with Gasteiger partial charge in [-0.1, -0.05) is 114 Å². The largest absolute Gasteiger partial charge is 0.503 e. The SMILES string of the molecule is CC(=O)Oc1c(O)c2[nH]c(C(C)C)nc2c2ccccc12.CC(=O)Oc1c(OC(C)=O)c2[nH]c(C(C)C)nc2c2ccccc12.CC(=O)Oc1c(OC(C)=O)c2nc(C(C)C)n(C(C)=O)c2c2ccccc12. The number of nitrogens with one attached hydrogen (secondary N) is 2. The van der Waals surface area contributed by atoms with E-state index in [9.17, 15) is 33.9 Å². The molecule has 0 radical (unpaired) electrons. The summed E-state index contributed by atoms with van der Waals surface area (Å²) in [4.78, 5) is 90.3. The number of aromatic hydroxyl groups is 1. The Bertz CT molecular complexity index is 3660. The monoisotopic (exact) mass is 978 g/mol. The average Bonchev–Trinajstić information content (AvgIpc) is 4.08. The van der Waals surface area contributed by atoms with Crippen LogP contribution in [-0.2, 0) is 24.0 Å². The zero-order chi connectivity index (χ0) is 52.5. The van der Waals surface area contributed by atoms with Gasteiger partial charge < -0.3 is 38.8 Å². The molecule has 0 spiro atoms. The normalized spacial score (nSPS) is 11.3. The molecular formula is C54H54N6O12. The van der Waals surface area contributed by atoms with Crippen LogP contribution >= 0.6 is 0 Å². The van der Waals surface area contributed by atoms with E-state index in [1.54, 1.807) is 18.2 Å². The topological polar surface area (TPSA) is 244 Å². The minimum atomic E-state index is -0.580. The number of ether oxygens (including phenoxy) is 5. The van der Waals surface area contributed by atoms with E-state index in [2.05, 4.69) is 24.9 Å². The summed E-state index contributed by atoms with van der Waals surface area (Å²) in [6.07, 6.45) is 0. The first-order chi connectivity index (χ1) is 34.1. The van der Waals surface area contributed by atoms with Crippen molar-refractivity contribution in [1.29, 1.82) is 0 Å². The van der Waals surface area contributed by atoms with Crippen molar-refractivity contribution < 1.29 is 57.6 Å². The Morgan fingerprint density at radius 1 is 0.444 bits per heavy atom. The number of esters is 5. The maximum absolute atomic E-state index is 12.4. The summed E-state index contributed by atoms with van der Waals surface area (Å²) in [7, 11) is 0. The van der Waals surface area contributed by atoms with Gasteiger partial charge in [0.2, 0.25) is 11.7 Å². The fraction of sp³-hybridized carbons (Fsp3) is 0.278. The highest BCUT2D eigenvalue weighted by Gasteiger charge is 2.28. The zero-order valence-electron chi connectivity index (χ0n) is 41.9. The van der Waals surface area contributed by atoms with Gasteiger partial charge >= 0.3 is 29.8 Å². The van der Waals surface area contributed by atoms with Gasteiger partial charge in [0.25, 0.3) is 0 Å². The third kappa shape index (κ3) is 10.1. The lowest BCUT2D eigenvalue weighted by Crippen LogP contribution is -2.12. The minimum absolute atomic E-state index is 0.0355. The van der Waals surface area contributed by atoms with Gasteiger partial charge in [-0.05, 0) is 0 Å². The Hall–Kier alpha value is -8.67. The van der Waals surface area contributed by atoms with Crippen molar-refractivity contribution in [2.75, 3.05) is 0 Å². The number of carbonyl (C=O) groups is 6. The van der Waals surface area contributed by atoms with E-state index in [1.807, 2.05) is 96.1 Å². The molecule has 9 rings (SSSR count). The highest BCUT2D eigenvalue weighted by molar-refractivity contribution is 6.15. The first-order valence-corrected chi connectivity index (χ1v) is 23.1. The van der Waals surface area contributed by atoms with Crippen LogP contribution in [0.2, 0.25) is 0 Å². The molecule has 0 unspecified atom stereocenters. The first kappa shape index (κ1) is 51.2. The number of H-pyrrole nitrogens is 2. The smallest absolute Gasteiger partial charge is 0.308 e. The number of hydrogen-bond donors (Lipinski definition) is 3. The van der Waals surface area contributed by atoms with Crippen molar-refractivity contribution in [2.24, 2.45) is 0 Å². The van der Waals surface area contributed by atoms with Crippen LogP contribution in [0.1, 0.15) is 123 Å². The summed E-state index contributed by atoms with van der Waals surface area (Å²) in [5, 5.41) is 14.7. The molecule has 0 saturated carbocycles. The molecule has 18 heteroatoms. The van der Waals surface area contributed by atoms with E-state index in [0.717, 1.165) is 22.4 Å². The van der Waals surface area contributed by atoms with Gasteiger partial charge in [0.05, 0.1) is 5.52 Å². The summed E-state index contributed by atoms with van der Waals surface area (Å²) in [6, 6.07) is 22.0. The quantitative estimate of drug-likeness (QED) is 0.0947. The van der Waals surface area contributed by atoms with Crippen molar-refractivity contribution >= 4 is 101 Å². The summed E-state index contributed by atoms with van der Waals surface area (Å²) in [5.74, 6) is 0.243. The molecule has 0 fully saturated rings. The van der Waals surface area contributed by atoms with Gasteiger partial charge in [-0.25, -0.2) is 15.0 Å². The highest BCUT2D eigenvalue weighted by atomic mass is 16.6. The Morgan fingerprint density at radius 3 is 1.25 bits per heavy atom. The fourth-order valence-corrected chi connectivity index (χ4v) is 8.19. The van der Waals surface area contributed by atoms with Crippen molar-refractivity contribution in [3.63, 3.8) is 0 Å². The molecule has 18 nitrogen and oxygen atoms in total. The number of aromatic amines is 2. The fourth-order valence-electron chi connectivity index (χ4n) is 8.19. The summed E-state index contributed by atoms with van der Waals surface area (Å²) < 4.78 is 28.2. The van der Waals surface area contributed by atoms with Crippen LogP contribution in [0, 0.1) is 0 Å². The van der Waals surface area contributed by atoms with Crippen LogP contribution in [0.25, 0.3) is 65.4 Å². The van der Waals surface area contributed by atoms with E-state index in [4.69, 9.17) is 23.7 Å². The number of imidazole rings is 3. The molecule has 3 N–H and O–H groups in total. The van der Waals surface area contributed by atoms with Gasteiger partial charge in [0.1, 0.15) is 45.1 Å². The first-order valence-electron chi connectivity index (χ1n) is 23.1. The number of nitrogens with zero attached hydrogens (tertiary/aromatic N) is 4. The molecule has 0 saturated heterocycles. The number of carbonyl (C=O) groups excluding carboxylic acids is 6. The van der Waals surface area contributed by atoms with E-state index in [1.165, 1.54) is 46.1 Å². The van der Waals surface area contributed by atoms with E-state index in [0.29, 0.717) is 60.5 Å². The van der Waals surface area contributed by atoms with Gasteiger partial charge in [-0.15, -0.1) is 0 Å². The summed E-state index contributed by atoms with van der Waals surface area (Å²) >= 11 is 0. The maximum Gasteiger partial charge on any atom is 0.308 e. The predicted molar refractivity (Wildman–Crippen MR) is 271 cm³/mol. The van der Waals surface area contributed by atoms with Crippen LogP contribution in [0.5, 0.6) is 34.5 Å². The van der Waals surface area contributed by atoms with Gasteiger partial charge in [0, 0.05) is 91.6 Å². The lowest BCUT2D eigenvalue weighted by atomic mass is 10.1. The molecule has 0 aliphatic rings. The van der Waals surface area contributed by atoms with E-state index < -0.39 is 29.8 Å². The molecule has 0 amide bonds. The van der Waals surface area contributed by atoms with E-state index >= 15 is 0 Å². The van der Waals surface area contributed by atoms with Crippen molar-refractivity contribution in [3.8, 4) is 34.5 Å². The van der Waals surface area contributed by atoms with Crippen LogP contribution in [0.15, 0.2) is 72.8 Å². The number of phenols is 1. The summed E-state index contributed by atoms with van der Waals surface area (Å²) in [6.45, 7) is 19.8. The predicted octanol–water partition coefficient (Wildman–Crippen LogP) is 11.0. The Labute approximate surface area is 412 Å². The lowest BCUT2D eigenvalue weighted by molar-refractivity contribution is -0.134. The molecule has 0 bridgehead atoms. The number of rotatable bonds is 8. The molecule has 0 atom stereocenters. The summed E-state index contributed by atoms with van der Waals surface area (Å²) in [5.41, 5.74) is 3.23. The van der Waals surface area contributed by atoms with Gasteiger partial charge in [-0.3, -0.25) is 33.3 Å². The molecule has 0 aliphatic heterocycles. The van der Waals surface area contributed by atoms with Crippen molar-refractivity contribution in [1.82, 2.24) is 29.5 Å².